The third-order valence-electron chi connectivity index (χ3n) is 6.04. The normalized spacial score (nSPS) is 20.9. The third kappa shape index (κ3) is 7.75. The summed E-state index contributed by atoms with van der Waals surface area (Å²) in [6.07, 6.45) is 10.3. The number of allylic oxidation sites excluding steroid dienone is 1. The molecule has 5 N–H and O–H groups in total. The standard InChI is InChI=1S/C25H42O10/c1-4-5-6-7-8-9-10-11-12-13-14-33-20-22(35-32)25(34-23(20)30,21(29)19(28)16-26)24(31,17-27)15-18(2)3/h13-14,18-19,26-28,31-32H,4-12,15-17H2,1-3H3/t19?,24-,25-/m0/s1. The highest BCUT2D eigenvalue weighted by Crippen LogP contribution is 2.46. The summed E-state index contributed by atoms with van der Waals surface area (Å²) in [6.45, 7) is 3.38. The first-order valence-corrected chi connectivity index (χ1v) is 12.4. The highest BCUT2D eigenvalue weighted by Gasteiger charge is 2.69. The molecule has 10 nitrogen and oxygen atoms in total. The van der Waals surface area contributed by atoms with Gasteiger partial charge in [0.1, 0.15) is 11.7 Å². The summed E-state index contributed by atoms with van der Waals surface area (Å²) in [4.78, 5) is 30.0. The number of ether oxygens (including phenoxy) is 2. The Bertz CT molecular complexity index is 732. The van der Waals surface area contributed by atoms with Gasteiger partial charge in [-0.1, -0.05) is 65.7 Å². The van der Waals surface area contributed by atoms with Crippen LogP contribution in [0.2, 0.25) is 0 Å². The van der Waals surface area contributed by atoms with E-state index in [4.69, 9.17) is 9.47 Å². The molecule has 1 heterocycles. The van der Waals surface area contributed by atoms with Crippen molar-refractivity contribution in [1.29, 1.82) is 0 Å². The summed E-state index contributed by atoms with van der Waals surface area (Å²) in [5, 5.41) is 50.1. The molecule has 3 atom stereocenters. The topological polar surface area (TPSA) is 163 Å². The van der Waals surface area contributed by atoms with E-state index in [2.05, 4.69) is 11.8 Å². The number of hydrogen-bond acceptors (Lipinski definition) is 10. The summed E-state index contributed by atoms with van der Waals surface area (Å²) in [5.74, 6) is -4.57. The van der Waals surface area contributed by atoms with Gasteiger partial charge in [0.2, 0.25) is 11.5 Å². The molecule has 35 heavy (non-hydrogen) atoms. The Kier molecular flexibility index (Phi) is 13.5. The minimum atomic E-state index is -2.83. The number of unbranched alkanes of at least 4 members (excludes halogenated alkanes) is 8. The highest BCUT2D eigenvalue weighted by atomic mass is 17.1. The molecule has 0 saturated heterocycles. The molecule has 1 aliphatic rings. The molecule has 0 aliphatic carbocycles. The number of aliphatic hydroxyl groups is 4. The van der Waals surface area contributed by atoms with Crippen LogP contribution in [0.5, 0.6) is 0 Å². The molecule has 0 aromatic rings. The van der Waals surface area contributed by atoms with E-state index in [0.717, 1.165) is 19.3 Å². The van der Waals surface area contributed by atoms with Gasteiger partial charge < -0.3 is 34.8 Å². The lowest BCUT2D eigenvalue weighted by molar-refractivity contribution is -0.255. The van der Waals surface area contributed by atoms with Gasteiger partial charge in [-0.3, -0.25) is 4.79 Å². The molecule has 202 valence electrons. The summed E-state index contributed by atoms with van der Waals surface area (Å²) >= 11 is 0. The molecule has 0 aromatic carbocycles. The van der Waals surface area contributed by atoms with Crippen molar-refractivity contribution in [2.75, 3.05) is 13.2 Å². The Hall–Kier alpha value is -1.98. The molecule has 0 amide bonds. The molecule has 0 spiro atoms. The number of esters is 1. The van der Waals surface area contributed by atoms with Gasteiger partial charge in [-0.15, -0.1) is 0 Å². The average molecular weight is 503 g/mol. The van der Waals surface area contributed by atoms with Gasteiger partial charge in [0.05, 0.1) is 19.5 Å². The minimum Gasteiger partial charge on any atom is -0.454 e. The van der Waals surface area contributed by atoms with Crippen LogP contribution in [0.4, 0.5) is 0 Å². The van der Waals surface area contributed by atoms with E-state index in [9.17, 15) is 35.3 Å². The van der Waals surface area contributed by atoms with Crippen LogP contribution in [-0.2, 0) is 24.0 Å². The molecular weight excluding hydrogens is 460 g/mol. The number of cyclic esters (lactones) is 1. The smallest absolute Gasteiger partial charge is 0.379 e. The molecule has 1 rings (SSSR count). The fourth-order valence-corrected chi connectivity index (χ4v) is 4.28. The molecule has 0 bridgehead atoms. The number of Topliss-reactive ketones (excluding diaryl/α,β-unsaturated/α-hetero) is 1. The molecule has 1 unspecified atom stereocenters. The third-order valence-corrected chi connectivity index (χ3v) is 6.04. The maximum Gasteiger partial charge on any atom is 0.379 e. The van der Waals surface area contributed by atoms with Gasteiger partial charge in [0, 0.05) is 0 Å². The molecule has 10 heteroatoms. The van der Waals surface area contributed by atoms with Crippen LogP contribution in [0.3, 0.4) is 0 Å². The second kappa shape index (κ2) is 15.2. The molecule has 0 aromatic heterocycles. The van der Waals surface area contributed by atoms with E-state index < -0.39 is 53.8 Å². The lowest BCUT2D eigenvalue weighted by atomic mass is 9.72. The largest absolute Gasteiger partial charge is 0.454 e. The average Bonchev–Trinajstić information content (AvgIpc) is 3.13. The van der Waals surface area contributed by atoms with Gasteiger partial charge in [0.25, 0.3) is 11.4 Å². The summed E-state index contributed by atoms with van der Waals surface area (Å²) in [5.41, 5.74) is -5.32. The zero-order chi connectivity index (χ0) is 26.5. The van der Waals surface area contributed by atoms with Crippen LogP contribution >= 0.6 is 0 Å². The Balaban J connectivity index is 3.02. The number of ketones is 1. The zero-order valence-electron chi connectivity index (χ0n) is 21.1. The number of carbonyl (C=O) groups is 2. The first-order valence-electron chi connectivity index (χ1n) is 12.4. The summed E-state index contributed by atoms with van der Waals surface area (Å²) < 4.78 is 10.5. The maximum absolute atomic E-state index is 13.0. The van der Waals surface area contributed by atoms with E-state index in [1.165, 1.54) is 38.4 Å². The number of aliphatic hydroxyl groups excluding tert-OH is 3. The molecule has 0 saturated carbocycles. The van der Waals surface area contributed by atoms with Crippen LogP contribution in [-0.4, -0.2) is 68.0 Å². The van der Waals surface area contributed by atoms with E-state index in [0.29, 0.717) is 6.42 Å². The molecule has 1 aliphatic heterocycles. The van der Waals surface area contributed by atoms with Crippen molar-refractivity contribution in [3.63, 3.8) is 0 Å². The van der Waals surface area contributed by atoms with Gasteiger partial charge in [-0.2, -0.15) is 0 Å². The Morgan fingerprint density at radius 2 is 1.71 bits per heavy atom. The van der Waals surface area contributed by atoms with Gasteiger partial charge in [0.15, 0.2) is 0 Å². The molecular formula is C25H42O10. The van der Waals surface area contributed by atoms with Crippen molar-refractivity contribution in [3.8, 4) is 0 Å². The van der Waals surface area contributed by atoms with Gasteiger partial charge in [-0.25, -0.2) is 10.1 Å². The fourth-order valence-electron chi connectivity index (χ4n) is 4.28. The van der Waals surface area contributed by atoms with Crippen molar-refractivity contribution in [2.24, 2.45) is 5.92 Å². The Morgan fingerprint density at radius 1 is 1.11 bits per heavy atom. The summed E-state index contributed by atoms with van der Waals surface area (Å²) in [7, 11) is 0. The first-order chi connectivity index (χ1) is 16.6. The van der Waals surface area contributed by atoms with E-state index >= 15 is 0 Å². The molecule has 0 fully saturated rings. The zero-order valence-corrected chi connectivity index (χ0v) is 21.1. The van der Waals surface area contributed by atoms with Crippen LogP contribution in [0.1, 0.15) is 85.0 Å². The Labute approximate surface area is 207 Å². The van der Waals surface area contributed by atoms with Crippen molar-refractivity contribution < 1.29 is 49.6 Å². The number of carbonyl (C=O) groups excluding carboxylic acids is 2. The fraction of sp³-hybridized carbons (Fsp3) is 0.760. The van der Waals surface area contributed by atoms with Crippen LogP contribution in [0, 0.1) is 5.92 Å². The molecule has 0 radical (unpaired) electrons. The predicted octanol–water partition coefficient (Wildman–Crippen LogP) is 2.74. The lowest BCUT2D eigenvalue weighted by Crippen LogP contribution is -2.66. The van der Waals surface area contributed by atoms with Gasteiger partial charge >= 0.3 is 5.97 Å². The lowest BCUT2D eigenvalue weighted by Gasteiger charge is -2.42. The highest BCUT2D eigenvalue weighted by molar-refractivity contribution is 6.03. The second-order valence-corrected chi connectivity index (χ2v) is 9.42. The van der Waals surface area contributed by atoms with Crippen molar-refractivity contribution in [3.05, 3.63) is 23.9 Å². The quantitative estimate of drug-likeness (QED) is 0.0583. The van der Waals surface area contributed by atoms with E-state index in [1.54, 1.807) is 19.9 Å². The minimum absolute atomic E-state index is 0.283. The van der Waals surface area contributed by atoms with Crippen LogP contribution in [0.15, 0.2) is 23.9 Å². The number of hydrogen-bond donors (Lipinski definition) is 5. The first kappa shape index (κ1) is 31.1. The predicted molar refractivity (Wildman–Crippen MR) is 127 cm³/mol. The van der Waals surface area contributed by atoms with Crippen molar-refractivity contribution in [2.45, 2.75) is 102 Å². The van der Waals surface area contributed by atoms with Gasteiger partial charge in [-0.05, 0) is 31.3 Å². The van der Waals surface area contributed by atoms with Crippen LogP contribution in [0.25, 0.3) is 0 Å². The van der Waals surface area contributed by atoms with Crippen molar-refractivity contribution >= 4 is 11.8 Å². The SMILES string of the molecule is CCCCCCCCCCC=COC1=C(OO)[C@@](C(=O)C(O)CO)([C@@](O)(CO)CC(C)C)OC1=O. The second-order valence-electron chi connectivity index (χ2n) is 9.42. The monoisotopic (exact) mass is 502 g/mol. The maximum atomic E-state index is 13.0. The van der Waals surface area contributed by atoms with E-state index in [-0.39, 0.29) is 12.3 Å². The summed E-state index contributed by atoms with van der Waals surface area (Å²) in [6, 6.07) is 0. The van der Waals surface area contributed by atoms with Crippen LogP contribution < -0.4 is 0 Å². The number of rotatable bonds is 19. The Morgan fingerprint density at radius 3 is 2.23 bits per heavy atom. The van der Waals surface area contributed by atoms with E-state index in [1.807, 2.05) is 0 Å². The van der Waals surface area contributed by atoms with Crippen molar-refractivity contribution in [1.82, 2.24) is 0 Å².